The fourth-order valence-electron chi connectivity index (χ4n) is 16.7. The lowest BCUT2D eigenvalue weighted by Gasteiger charge is -2.42. The molecule has 19 rings (SSSR count). The summed E-state index contributed by atoms with van der Waals surface area (Å²) in [7, 11) is 0. The summed E-state index contributed by atoms with van der Waals surface area (Å²) in [5, 5.41) is 35.6. The molecule has 13 aromatic carbocycles. The van der Waals surface area contributed by atoms with Crippen LogP contribution >= 0.6 is 0 Å². The number of furan rings is 2. The minimum Gasteiger partial charge on any atom is -0.456 e. The highest BCUT2D eigenvalue weighted by atomic mass is 16.3. The lowest BCUT2D eigenvalue weighted by Crippen LogP contribution is -2.35. The third-order valence-electron chi connectivity index (χ3n) is 20.3. The van der Waals surface area contributed by atoms with Gasteiger partial charge in [-0.15, -0.1) is 0 Å². The Labute approximate surface area is 539 Å². The van der Waals surface area contributed by atoms with E-state index in [0.29, 0.717) is 11.1 Å². The van der Waals surface area contributed by atoms with Gasteiger partial charge >= 0.3 is 0 Å². The van der Waals surface area contributed by atoms with Crippen LogP contribution in [0.4, 0.5) is 0 Å². The van der Waals surface area contributed by atoms with Crippen LogP contribution in [-0.4, -0.2) is 18.3 Å². The highest BCUT2D eigenvalue weighted by molar-refractivity contribution is 6.29. The molecule has 0 aliphatic carbocycles. The lowest BCUT2D eigenvalue weighted by atomic mass is 9.74. The van der Waals surface area contributed by atoms with Crippen LogP contribution in [0.1, 0.15) is 49.9 Å². The van der Waals surface area contributed by atoms with Crippen LogP contribution in [-0.2, 0) is 11.1 Å². The van der Waals surface area contributed by atoms with E-state index < -0.39 is 11.1 Å². The van der Waals surface area contributed by atoms with Gasteiger partial charge in [0.2, 0.25) is 0 Å². The number of fused-ring (bicyclic) bond motifs is 20. The molecule has 0 bridgehead atoms. The molecule has 442 valence electrons. The van der Waals surface area contributed by atoms with E-state index in [1.165, 1.54) is 0 Å². The molecular formula is C86H56N6O2. The zero-order valence-electron chi connectivity index (χ0n) is 51.9. The first kappa shape index (κ1) is 53.5. The van der Waals surface area contributed by atoms with Crippen LogP contribution < -0.4 is 0 Å². The van der Waals surface area contributed by atoms with Crippen molar-refractivity contribution in [3.63, 3.8) is 0 Å². The predicted octanol–water partition coefficient (Wildman–Crippen LogP) is 22.5. The maximum Gasteiger partial charge on any atom is 0.136 e. The maximum absolute atomic E-state index is 11.3. The topological polar surface area (TPSA) is 93.6 Å². The van der Waals surface area contributed by atoms with Gasteiger partial charge in [-0.2, -0.15) is 10.5 Å². The predicted molar refractivity (Wildman–Crippen MR) is 386 cm³/mol. The third-order valence-corrected chi connectivity index (χ3v) is 20.3. The smallest absolute Gasteiger partial charge is 0.136 e. The summed E-state index contributed by atoms with van der Waals surface area (Å²) in [5.74, 6) is 0. The van der Waals surface area contributed by atoms with Crippen molar-refractivity contribution in [3.05, 3.63) is 289 Å². The van der Waals surface area contributed by atoms with E-state index in [1.54, 1.807) is 0 Å². The molecule has 0 fully saturated rings. The normalized spacial score (nSPS) is 12.4. The Bertz CT molecular complexity index is 6220. The zero-order chi connectivity index (χ0) is 62.9. The van der Waals surface area contributed by atoms with E-state index in [4.69, 9.17) is 8.83 Å². The number of rotatable bonds is 8. The van der Waals surface area contributed by atoms with Gasteiger partial charge < -0.3 is 27.1 Å². The number of nitrogens with zero attached hydrogens (tertiary/aromatic N) is 6. The molecule has 0 aliphatic heterocycles. The molecule has 0 spiro atoms. The average Bonchev–Trinajstić information content (AvgIpc) is 1.35. The molecule has 8 nitrogen and oxygen atoms in total. The monoisotopic (exact) mass is 1200 g/mol. The Balaban J connectivity index is 1.17. The highest BCUT2D eigenvalue weighted by Gasteiger charge is 2.44. The second kappa shape index (κ2) is 19.6. The van der Waals surface area contributed by atoms with Crippen LogP contribution in [0.3, 0.4) is 0 Å². The second-order valence-electron chi connectivity index (χ2n) is 26.0. The maximum atomic E-state index is 11.3. The molecule has 6 aromatic heterocycles. The molecule has 0 aliphatic rings. The van der Waals surface area contributed by atoms with Crippen molar-refractivity contribution in [2.45, 2.75) is 38.8 Å². The summed E-state index contributed by atoms with van der Waals surface area (Å²) in [6.45, 7) is 9.56. The van der Waals surface area contributed by atoms with Crippen LogP contribution in [0.2, 0.25) is 0 Å². The Hall–Kier alpha value is -12.4. The molecule has 0 saturated carbocycles. The van der Waals surface area contributed by atoms with Gasteiger partial charge in [-0.05, 0) is 141 Å². The van der Waals surface area contributed by atoms with Crippen LogP contribution in [0, 0.1) is 22.7 Å². The quantitative estimate of drug-likeness (QED) is 0.151. The lowest BCUT2D eigenvalue weighted by molar-refractivity contribution is 0.455. The number of hydrogen-bond donors (Lipinski definition) is 0. The molecule has 0 unspecified atom stereocenters. The second-order valence-corrected chi connectivity index (χ2v) is 26.0. The van der Waals surface area contributed by atoms with Gasteiger partial charge in [0, 0.05) is 103 Å². The van der Waals surface area contributed by atoms with Crippen molar-refractivity contribution in [1.82, 2.24) is 18.3 Å². The SMILES string of the molecule is CC(C)(c1c(-c2cccc(C#N)c2)c(-n2c3ccccc3c3c4c(ccc32)oc2ccccc24)c(C(C)(C)n2c3ccccc3c3ccccc32)c(-n2c3ccccc3c3c4c(ccc32)oc2ccccc24)c1-c1cccc(C#N)c1)n1c2ccccc2c2ccccc21. The molecular weight excluding hydrogens is 1150 g/mol. The van der Waals surface area contributed by atoms with Gasteiger partial charge in [-0.1, -0.05) is 170 Å². The zero-order valence-corrected chi connectivity index (χ0v) is 51.9. The fourth-order valence-corrected chi connectivity index (χ4v) is 16.7. The molecule has 19 aromatic rings. The Kier molecular flexibility index (Phi) is 11.1. The molecule has 0 amide bonds. The first-order valence-electron chi connectivity index (χ1n) is 32.0. The minimum atomic E-state index is -1.03. The van der Waals surface area contributed by atoms with Crippen molar-refractivity contribution in [1.29, 1.82) is 10.5 Å². The van der Waals surface area contributed by atoms with Crippen molar-refractivity contribution in [3.8, 4) is 45.8 Å². The molecule has 0 N–H and O–H groups in total. The summed E-state index contributed by atoms with van der Waals surface area (Å²) in [6.07, 6.45) is 0. The number of nitriles is 2. The Morgan fingerprint density at radius 1 is 0.287 bits per heavy atom. The standard InChI is InChI=1S/C86H56N6O2/c1-85(2,91-65-37-15-5-27-55(65)56-28-6-16-38-66(56)91)81-75(53-25-21-23-51(47-53)49-87)83(89-63-35-13-9-31-59(63)77-69(89)43-45-73-79(77)61-33-11-19-41-71(61)93-73)82(86(3,4)92-67-39-17-7-29-57(67)58-30-8-18-40-68(58)92)84(76(81)54-26-22-24-52(48-54)50-88)90-64-36-14-10-32-60(64)78-70(90)44-46-74-80(78)62-34-12-20-42-72(62)94-74/h5-48H,1-4H3. The van der Waals surface area contributed by atoms with Crippen LogP contribution in [0.5, 0.6) is 0 Å². The van der Waals surface area contributed by atoms with Crippen molar-refractivity contribution >= 4 is 131 Å². The van der Waals surface area contributed by atoms with Crippen molar-refractivity contribution < 1.29 is 8.83 Å². The van der Waals surface area contributed by atoms with Crippen LogP contribution in [0.25, 0.3) is 165 Å². The number of hydrogen-bond acceptors (Lipinski definition) is 4. The van der Waals surface area contributed by atoms with E-state index in [1.807, 2.05) is 36.4 Å². The summed E-state index contributed by atoms with van der Waals surface area (Å²) >= 11 is 0. The van der Waals surface area contributed by atoms with E-state index in [0.717, 1.165) is 176 Å². The van der Waals surface area contributed by atoms with Gasteiger partial charge in [-0.3, -0.25) is 0 Å². The first-order chi connectivity index (χ1) is 46.1. The molecule has 8 heteroatoms. The molecule has 6 heterocycles. The Morgan fingerprint density at radius 3 is 1.00 bits per heavy atom. The summed E-state index contributed by atoms with van der Waals surface area (Å²) in [6, 6.07) is 100. The van der Waals surface area contributed by atoms with E-state index in [2.05, 4.69) is 289 Å². The van der Waals surface area contributed by atoms with Gasteiger partial charge in [0.1, 0.15) is 22.3 Å². The largest absolute Gasteiger partial charge is 0.456 e. The number of aromatic nitrogens is 4. The van der Waals surface area contributed by atoms with Gasteiger partial charge in [0.05, 0.1) is 67.8 Å². The molecule has 94 heavy (non-hydrogen) atoms. The van der Waals surface area contributed by atoms with Gasteiger partial charge in [0.15, 0.2) is 0 Å². The van der Waals surface area contributed by atoms with Crippen molar-refractivity contribution in [2.75, 3.05) is 0 Å². The first-order valence-corrected chi connectivity index (χ1v) is 32.0. The molecule has 0 radical (unpaired) electrons. The van der Waals surface area contributed by atoms with Gasteiger partial charge in [-0.25, -0.2) is 0 Å². The number of para-hydroxylation sites is 8. The fraction of sp³-hybridized carbons (Fsp3) is 0.0698. The van der Waals surface area contributed by atoms with Crippen LogP contribution in [0.15, 0.2) is 276 Å². The number of benzene rings is 13. The van der Waals surface area contributed by atoms with Crippen molar-refractivity contribution in [2.24, 2.45) is 0 Å². The van der Waals surface area contributed by atoms with Gasteiger partial charge in [0.25, 0.3) is 0 Å². The highest BCUT2D eigenvalue weighted by Crippen LogP contribution is 2.58. The minimum absolute atomic E-state index is 0.525. The van der Waals surface area contributed by atoms with E-state index >= 15 is 0 Å². The molecule has 0 atom stereocenters. The average molecular weight is 1210 g/mol. The summed E-state index contributed by atoms with van der Waals surface area (Å²) < 4.78 is 23.9. The molecule has 0 saturated heterocycles. The summed E-state index contributed by atoms with van der Waals surface area (Å²) in [5.41, 5.74) is 17.9. The Morgan fingerprint density at radius 2 is 0.617 bits per heavy atom. The van der Waals surface area contributed by atoms with E-state index in [9.17, 15) is 10.5 Å². The van der Waals surface area contributed by atoms with E-state index in [-0.39, 0.29) is 0 Å². The summed E-state index contributed by atoms with van der Waals surface area (Å²) in [4.78, 5) is 0. The third kappa shape index (κ3) is 7.19.